The lowest BCUT2D eigenvalue weighted by atomic mass is 10.2. The highest BCUT2D eigenvalue weighted by Crippen LogP contribution is 2.13. The molecule has 0 amide bonds. The summed E-state index contributed by atoms with van der Waals surface area (Å²) in [6, 6.07) is 0. The number of ether oxygens (including phenoxy) is 2. The van der Waals surface area contributed by atoms with Crippen LogP contribution < -0.4 is 0 Å². The molecule has 0 aromatic carbocycles. The van der Waals surface area contributed by atoms with Crippen LogP contribution >= 0.6 is 45.8 Å². The monoisotopic (exact) mass is 368 g/mol. The zero-order chi connectivity index (χ0) is 11.7. The Balaban J connectivity index is 3.46. The minimum atomic E-state index is 0.0208. The van der Waals surface area contributed by atoms with Crippen LogP contribution in [0, 0.1) is 5.92 Å². The summed E-state index contributed by atoms with van der Waals surface area (Å²) < 4.78 is 11.2. The summed E-state index contributed by atoms with van der Waals surface area (Å²) in [6.45, 7) is 6.23. The summed E-state index contributed by atoms with van der Waals surface area (Å²) in [7, 11) is 0. The van der Waals surface area contributed by atoms with Crippen LogP contribution in [0.2, 0.25) is 0 Å². The molecule has 2 nitrogen and oxygen atoms in total. The fourth-order valence-corrected chi connectivity index (χ4v) is 2.19. The quantitative estimate of drug-likeness (QED) is 0.353. The first-order valence-corrected chi connectivity index (χ1v) is 7.38. The molecule has 0 aliphatic rings. The van der Waals surface area contributed by atoms with Crippen molar-refractivity contribution >= 4 is 45.8 Å². The maximum Gasteiger partial charge on any atom is 0.0840 e. The fraction of sp³-hybridized carbons (Fsp3) is 1.00. The van der Waals surface area contributed by atoms with Crippen LogP contribution in [0.1, 0.15) is 13.8 Å². The Hall–Kier alpha value is 1.23. The normalized spacial score (nSPS) is 15.6. The van der Waals surface area contributed by atoms with E-state index in [-0.39, 0.29) is 10.0 Å². The molecule has 0 N–H and O–H groups in total. The van der Waals surface area contributed by atoms with Crippen molar-refractivity contribution < 1.29 is 9.47 Å². The molecule has 5 heteroatoms. The molecule has 0 radical (unpaired) electrons. The topological polar surface area (TPSA) is 18.5 Å². The van der Waals surface area contributed by atoms with Crippen LogP contribution in [0.5, 0.6) is 0 Å². The molecule has 0 rings (SSSR count). The molecule has 0 bridgehead atoms. The van der Waals surface area contributed by atoms with Gasteiger partial charge in [-0.2, -0.15) is 0 Å². The zero-order valence-corrected chi connectivity index (χ0v) is 12.9. The first-order valence-electron chi connectivity index (χ1n) is 5.07. The predicted molar refractivity (Wildman–Crippen MR) is 74.6 cm³/mol. The summed E-state index contributed by atoms with van der Waals surface area (Å²) in [5.41, 5.74) is 0. The molecule has 2 atom stereocenters. The van der Waals surface area contributed by atoms with Gasteiger partial charge in [-0.3, -0.25) is 0 Å². The van der Waals surface area contributed by atoms with Gasteiger partial charge in [0.05, 0.1) is 23.2 Å². The van der Waals surface area contributed by atoms with Crippen molar-refractivity contribution in [1.29, 1.82) is 0 Å². The number of rotatable bonds is 9. The first kappa shape index (κ1) is 16.2. The van der Waals surface area contributed by atoms with Gasteiger partial charge >= 0.3 is 0 Å². The van der Waals surface area contributed by atoms with Crippen molar-refractivity contribution in [2.24, 2.45) is 5.92 Å². The number of halogens is 3. The average molecular weight is 369 g/mol. The summed E-state index contributed by atoms with van der Waals surface area (Å²) in [5, 5.41) is 0. The Labute approximate surface area is 116 Å². The second-order valence-corrected chi connectivity index (χ2v) is 5.92. The largest absolute Gasteiger partial charge is 0.379 e. The molecule has 0 aliphatic heterocycles. The second kappa shape index (κ2) is 10.4. The maximum absolute atomic E-state index is 5.78. The van der Waals surface area contributed by atoms with Crippen molar-refractivity contribution in [2.75, 3.05) is 31.6 Å². The molecular weight excluding hydrogens is 350 g/mol. The van der Waals surface area contributed by atoms with Crippen LogP contribution in [-0.4, -0.2) is 41.6 Å². The van der Waals surface area contributed by atoms with Crippen LogP contribution in [-0.2, 0) is 9.47 Å². The summed E-state index contributed by atoms with van der Waals surface area (Å²) in [4.78, 5) is 0. The van der Waals surface area contributed by atoms with Crippen LogP contribution in [0.15, 0.2) is 0 Å². The van der Waals surface area contributed by atoms with E-state index in [0.29, 0.717) is 30.9 Å². The van der Waals surface area contributed by atoms with E-state index in [4.69, 9.17) is 32.7 Å². The Morgan fingerprint density at radius 2 is 1.80 bits per heavy atom. The van der Waals surface area contributed by atoms with E-state index in [1.165, 1.54) is 0 Å². The number of hydrogen-bond donors (Lipinski definition) is 0. The van der Waals surface area contributed by atoms with Crippen molar-refractivity contribution in [3.63, 3.8) is 0 Å². The van der Waals surface area contributed by atoms with Gasteiger partial charge in [-0.1, -0.05) is 36.4 Å². The minimum absolute atomic E-state index is 0.0208. The fourth-order valence-electron chi connectivity index (χ4n) is 0.922. The molecule has 2 unspecified atom stereocenters. The zero-order valence-electron chi connectivity index (χ0n) is 9.22. The molecule has 15 heavy (non-hydrogen) atoms. The number of hydrogen-bond acceptors (Lipinski definition) is 2. The third kappa shape index (κ3) is 8.98. The highest BCUT2D eigenvalue weighted by molar-refractivity contribution is 14.1. The maximum atomic E-state index is 5.78. The molecule has 0 saturated carbocycles. The highest BCUT2D eigenvalue weighted by atomic mass is 127. The summed E-state index contributed by atoms with van der Waals surface area (Å²) in [5.74, 6) is 1.60. The van der Waals surface area contributed by atoms with Gasteiger partial charge in [0, 0.05) is 18.4 Å². The molecule has 0 fully saturated rings. The lowest BCUT2D eigenvalue weighted by Gasteiger charge is -2.19. The van der Waals surface area contributed by atoms with Crippen molar-refractivity contribution in [3.8, 4) is 0 Å². The van der Waals surface area contributed by atoms with E-state index < -0.39 is 0 Å². The van der Waals surface area contributed by atoms with E-state index in [1.807, 2.05) is 0 Å². The second-order valence-electron chi connectivity index (χ2n) is 3.70. The van der Waals surface area contributed by atoms with Crippen LogP contribution in [0.4, 0.5) is 0 Å². The molecule has 0 aromatic heterocycles. The van der Waals surface area contributed by atoms with Gasteiger partial charge in [0.2, 0.25) is 0 Å². The molecule has 0 aromatic rings. The molecule has 92 valence electrons. The van der Waals surface area contributed by atoms with Crippen molar-refractivity contribution in [3.05, 3.63) is 0 Å². The van der Waals surface area contributed by atoms with Crippen LogP contribution in [0.3, 0.4) is 0 Å². The first-order chi connectivity index (χ1) is 7.11. The molecular formula is C10H19Cl2IO2. The summed E-state index contributed by atoms with van der Waals surface area (Å²) in [6.07, 6.45) is 0.0208. The molecule has 0 saturated heterocycles. The Bertz CT molecular complexity index is 147. The Morgan fingerprint density at radius 1 is 1.13 bits per heavy atom. The van der Waals surface area contributed by atoms with Gasteiger partial charge in [-0.15, -0.1) is 23.2 Å². The lowest BCUT2D eigenvalue weighted by molar-refractivity contribution is 0.0100. The van der Waals surface area contributed by atoms with Gasteiger partial charge in [0.1, 0.15) is 0 Å². The Morgan fingerprint density at radius 3 is 2.27 bits per heavy atom. The van der Waals surface area contributed by atoms with Crippen molar-refractivity contribution in [2.45, 2.75) is 23.9 Å². The predicted octanol–water partition coefficient (Wildman–Crippen LogP) is 3.33. The molecule has 0 aliphatic carbocycles. The van der Waals surface area contributed by atoms with Gasteiger partial charge in [-0.25, -0.2) is 0 Å². The van der Waals surface area contributed by atoms with Crippen molar-refractivity contribution in [1.82, 2.24) is 0 Å². The third-order valence-corrected chi connectivity index (χ3v) is 4.11. The van der Waals surface area contributed by atoms with E-state index >= 15 is 0 Å². The van der Waals surface area contributed by atoms with E-state index in [2.05, 4.69) is 36.4 Å². The smallest absolute Gasteiger partial charge is 0.0840 e. The van der Waals surface area contributed by atoms with Gasteiger partial charge in [0.15, 0.2) is 0 Å². The highest BCUT2D eigenvalue weighted by Gasteiger charge is 2.17. The summed E-state index contributed by atoms with van der Waals surface area (Å²) >= 11 is 13.8. The van der Waals surface area contributed by atoms with E-state index in [0.717, 1.165) is 6.61 Å². The van der Waals surface area contributed by atoms with E-state index in [9.17, 15) is 0 Å². The van der Waals surface area contributed by atoms with Crippen LogP contribution in [0.25, 0.3) is 0 Å². The average Bonchev–Trinajstić information content (AvgIpc) is 2.22. The van der Waals surface area contributed by atoms with E-state index in [1.54, 1.807) is 0 Å². The molecule has 0 spiro atoms. The van der Waals surface area contributed by atoms with Gasteiger partial charge < -0.3 is 9.47 Å². The van der Waals surface area contributed by atoms with Gasteiger partial charge in [0.25, 0.3) is 0 Å². The SMILES string of the molecule is CC(C)COCCOC(CCl)C(I)CCl. The lowest BCUT2D eigenvalue weighted by Crippen LogP contribution is -2.28. The van der Waals surface area contributed by atoms with Gasteiger partial charge in [-0.05, 0) is 5.92 Å². The standard InChI is InChI=1S/C10H19Cl2IO2/c1-8(2)7-14-3-4-15-10(6-12)9(13)5-11/h8-10H,3-7H2,1-2H3. The minimum Gasteiger partial charge on any atom is -0.379 e. The third-order valence-electron chi connectivity index (χ3n) is 1.71. The number of alkyl halides is 3. The Kier molecular flexibility index (Phi) is 11.2. The molecule has 0 heterocycles.